The highest BCUT2D eigenvalue weighted by atomic mass is 16.5. The average Bonchev–Trinajstić information content (AvgIpc) is 2.03. The van der Waals surface area contributed by atoms with Crippen molar-refractivity contribution in [2.24, 2.45) is 0 Å². The standard InChI is InChI=1S/C7H12N2O3/c1-9(2)6(10)4-5-8-7(11)12-3/h4-5H,1-3H3,(H,8,11)/b5-4-. The third-order valence-electron chi connectivity index (χ3n) is 1.05. The Kier molecular flexibility index (Phi) is 4.52. The number of nitrogens with zero attached hydrogens (tertiary/aromatic N) is 1. The molecule has 0 fully saturated rings. The lowest BCUT2D eigenvalue weighted by Gasteiger charge is -2.04. The lowest BCUT2D eigenvalue weighted by molar-refractivity contribution is -0.123. The van der Waals surface area contributed by atoms with E-state index in [9.17, 15) is 9.59 Å². The van der Waals surface area contributed by atoms with Crippen molar-refractivity contribution in [2.75, 3.05) is 21.2 Å². The highest BCUT2D eigenvalue weighted by molar-refractivity contribution is 5.87. The van der Waals surface area contributed by atoms with Gasteiger partial charge in [-0.25, -0.2) is 4.79 Å². The van der Waals surface area contributed by atoms with Crippen LogP contribution in [0.2, 0.25) is 0 Å². The number of likely N-dealkylation sites (N-methyl/N-ethyl adjacent to an activating group) is 1. The first-order valence-corrected chi connectivity index (χ1v) is 3.30. The van der Waals surface area contributed by atoms with Crippen LogP contribution in [-0.4, -0.2) is 38.1 Å². The Hall–Kier alpha value is -1.52. The Morgan fingerprint density at radius 1 is 1.42 bits per heavy atom. The van der Waals surface area contributed by atoms with Crippen LogP contribution >= 0.6 is 0 Å². The van der Waals surface area contributed by atoms with Crippen LogP contribution in [0.5, 0.6) is 0 Å². The summed E-state index contributed by atoms with van der Waals surface area (Å²) < 4.78 is 4.27. The van der Waals surface area contributed by atoms with Crippen LogP contribution in [-0.2, 0) is 9.53 Å². The van der Waals surface area contributed by atoms with Gasteiger partial charge in [-0.2, -0.15) is 0 Å². The van der Waals surface area contributed by atoms with Crippen molar-refractivity contribution >= 4 is 12.0 Å². The van der Waals surface area contributed by atoms with Gasteiger partial charge in [-0.15, -0.1) is 0 Å². The Balaban J connectivity index is 3.77. The number of carbonyl (C=O) groups excluding carboxylic acids is 2. The van der Waals surface area contributed by atoms with Gasteiger partial charge in [0, 0.05) is 26.4 Å². The lowest BCUT2D eigenvalue weighted by atomic mass is 10.5. The minimum atomic E-state index is -0.599. The molecule has 0 saturated carbocycles. The first-order valence-electron chi connectivity index (χ1n) is 3.30. The molecule has 1 N–H and O–H groups in total. The van der Waals surface area contributed by atoms with Gasteiger partial charge in [-0.05, 0) is 0 Å². The normalized spacial score (nSPS) is 9.58. The number of alkyl carbamates (subject to hydrolysis) is 1. The van der Waals surface area contributed by atoms with Crippen molar-refractivity contribution in [3.63, 3.8) is 0 Å². The largest absolute Gasteiger partial charge is 0.453 e. The molecular formula is C7H12N2O3. The van der Waals surface area contributed by atoms with E-state index in [1.165, 1.54) is 24.3 Å². The summed E-state index contributed by atoms with van der Waals surface area (Å²) in [6.45, 7) is 0. The van der Waals surface area contributed by atoms with Crippen LogP contribution in [0.3, 0.4) is 0 Å². The summed E-state index contributed by atoms with van der Waals surface area (Å²) in [5.41, 5.74) is 0. The van der Waals surface area contributed by atoms with Gasteiger partial charge >= 0.3 is 6.09 Å². The van der Waals surface area contributed by atoms with E-state index < -0.39 is 6.09 Å². The summed E-state index contributed by atoms with van der Waals surface area (Å²) in [7, 11) is 4.48. The second-order valence-electron chi connectivity index (χ2n) is 2.20. The molecule has 0 aromatic heterocycles. The molecule has 0 aliphatic carbocycles. The molecule has 12 heavy (non-hydrogen) atoms. The summed E-state index contributed by atoms with van der Waals surface area (Å²) in [4.78, 5) is 22.7. The number of nitrogens with one attached hydrogen (secondary N) is 1. The summed E-state index contributed by atoms with van der Waals surface area (Å²) in [6, 6.07) is 0. The number of methoxy groups -OCH3 is 1. The summed E-state index contributed by atoms with van der Waals surface area (Å²) in [6.07, 6.45) is 1.86. The topological polar surface area (TPSA) is 58.6 Å². The van der Waals surface area contributed by atoms with Crippen LogP contribution in [0.4, 0.5) is 4.79 Å². The van der Waals surface area contributed by atoms with Crippen molar-refractivity contribution in [1.82, 2.24) is 10.2 Å². The zero-order valence-corrected chi connectivity index (χ0v) is 7.33. The van der Waals surface area contributed by atoms with Gasteiger partial charge in [0.05, 0.1) is 7.11 Å². The Labute approximate surface area is 71.0 Å². The molecule has 0 radical (unpaired) electrons. The zero-order valence-electron chi connectivity index (χ0n) is 7.33. The molecule has 0 aromatic carbocycles. The highest BCUT2D eigenvalue weighted by Gasteiger charge is 1.97. The monoisotopic (exact) mass is 172 g/mol. The molecule has 0 aliphatic heterocycles. The summed E-state index contributed by atoms with van der Waals surface area (Å²) in [5.74, 6) is -0.202. The number of rotatable bonds is 2. The molecule has 0 unspecified atom stereocenters. The molecule has 0 saturated heterocycles. The van der Waals surface area contributed by atoms with E-state index >= 15 is 0 Å². The third kappa shape index (κ3) is 4.32. The van der Waals surface area contributed by atoms with Crippen LogP contribution in [0.15, 0.2) is 12.3 Å². The third-order valence-corrected chi connectivity index (χ3v) is 1.05. The van der Waals surface area contributed by atoms with Gasteiger partial charge in [-0.3, -0.25) is 10.1 Å². The van der Waals surface area contributed by atoms with Crippen LogP contribution < -0.4 is 5.32 Å². The zero-order chi connectivity index (χ0) is 9.56. The Bertz CT molecular complexity index is 199. The Morgan fingerprint density at radius 3 is 2.42 bits per heavy atom. The SMILES string of the molecule is COC(=O)N/C=C\C(=O)N(C)C. The maximum atomic E-state index is 10.9. The van der Waals surface area contributed by atoms with Crippen molar-refractivity contribution in [3.05, 3.63) is 12.3 Å². The van der Waals surface area contributed by atoms with Gasteiger partial charge in [0.25, 0.3) is 0 Å². The molecule has 0 atom stereocenters. The predicted molar refractivity (Wildman–Crippen MR) is 43.4 cm³/mol. The van der Waals surface area contributed by atoms with Gasteiger partial charge in [-0.1, -0.05) is 0 Å². The molecule has 68 valence electrons. The molecule has 0 heterocycles. The maximum absolute atomic E-state index is 10.9. The van der Waals surface area contributed by atoms with E-state index in [1.807, 2.05) is 0 Å². The van der Waals surface area contributed by atoms with Gasteiger partial charge in [0.2, 0.25) is 5.91 Å². The first-order chi connectivity index (χ1) is 5.57. The quantitative estimate of drug-likeness (QED) is 0.594. The fourth-order valence-corrected chi connectivity index (χ4v) is 0.389. The molecule has 5 nitrogen and oxygen atoms in total. The molecule has 0 bridgehead atoms. The van der Waals surface area contributed by atoms with E-state index in [1.54, 1.807) is 14.1 Å². The van der Waals surface area contributed by atoms with E-state index in [2.05, 4.69) is 10.1 Å². The second kappa shape index (κ2) is 5.17. The molecule has 0 spiro atoms. The van der Waals surface area contributed by atoms with Gasteiger partial charge in [0.15, 0.2) is 0 Å². The van der Waals surface area contributed by atoms with Crippen LogP contribution in [0.1, 0.15) is 0 Å². The molecule has 2 amide bonds. The van der Waals surface area contributed by atoms with Crippen molar-refractivity contribution in [3.8, 4) is 0 Å². The van der Waals surface area contributed by atoms with Gasteiger partial charge < -0.3 is 9.64 Å². The molecule has 0 rings (SSSR count). The summed E-state index contributed by atoms with van der Waals surface area (Å²) in [5, 5.41) is 2.23. The van der Waals surface area contributed by atoms with Crippen molar-refractivity contribution in [2.45, 2.75) is 0 Å². The van der Waals surface area contributed by atoms with E-state index in [0.717, 1.165) is 0 Å². The average molecular weight is 172 g/mol. The highest BCUT2D eigenvalue weighted by Crippen LogP contribution is 1.80. The number of amides is 2. The number of hydrogen-bond donors (Lipinski definition) is 1. The fourth-order valence-electron chi connectivity index (χ4n) is 0.389. The number of hydrogen-bond acceptors (Lipinski definition) is 3. The molecule has 5 heteroatoms. The molecule has 0 aromatic rings. The second-order valence-corrected chi connectivity index (χ2v) is 2.20. The minimum absolute atomic E-state index is 0.202. The van der Waals surface area contributed by atoms with Crippen LogP contribution in [0.25, 0.3) is 0 Å². The maximum Gasteiger partial charge on any atom is 0.410 e. The minimum Gasteiger partial charge on any atom is -0.453 e. The van der Waals surface area contributed by atoms with E-state index in [-0.39, 0.29) is 5.91 Å². The molecular weight excluding hydrogens is 160 g/mol. The van der Waals surface area contributed by atoms with Crippen molar-refractivity contribution in [1.29, 1.82) is 0 Å². The number of ether oxygens (including phenoxy) is 1. The Morgan fingerprint density at radius 2 is 2.00 bits per heavy atom. The fraction of sp³-hybridized carbons (Fsp3) is 0.429. The summed E-state index contributed by atoms with van der Waals surface area (Å²) >= 11 is 0. The van der Waals surface area contributed by atoms with E-state index in [0.29, 0.717) is 0 Å². The lowest BCUT2D eigenvalue weighted by Crippen LogP contribution is -2.21. The van der Waals surface area contributed by atoms with Gasteiger partial charge in [0.1, 0.15) is 0 Å². The predicted octanol–water partition coefficient (Wildman–Crippen LogP) is -0.0557. The smallest absolute Gasteiger partial charge is 0.410 e. The molecule has 0 aliphatic rings. The first kappa shape index (κ1) is 10.5. The number of carbonyl (C=O) groups is 2. The van der Waals surface area contributed by atoms with E-state index in [4.69, 9.17) is 0 Å². The van der Waals surface area contributed by atoms with Crippen molar-refractivity contribution < 1.29 is 14.3 Å². The van der Waals surface area contributed by atoms with Crippen LogP contribution in [0, 0.1) is 0 Å².